The second-order valence-electron chi connectivity index (χ2n) is 6.26. The van der Waals surface area contributed by atoms with Crippen LogP contribution in [0, 0.1) is 0 Å². The van der Waals surface area contributed by atoms with E-state index in [0.717, 1.165) is 0 Å². The van der Waals surface area contributed by atoms with E-state index in [2.05, 4.69) is 4.98 Å². The maximum Gasteiger partial charge on any atom is 0.344 e. The smallest absolute Gasteiger partial charge is 0.344 e. The maximum absolute atomic E-state index is 12.2. The molecule has 0 saturated heterocycles. The Bertz CT molecular complexity index is 722. The third-order valence-corrected chi connectivity index (χ3v) is 2.98. The largest absolute Gasteiger partial charge is 0.482 e. The van der Waals surface area contributed by atoms with Gasteiger partial charge in [0.05, 0.1) is 11.3 Å². The van der Waals surface area contributed by atoms with Crippen molar-refractivity contribution in [3.05, 3.63) is 59.9 Å². The summed E-state index contributed by atoms with van der Waals surface area (Å²) in [5.41, 5.74) is -0.0104. The number of esters is 2. The van der Waals surface area contributed by atoms with E-state index >= 15 is 0 Å². The first-order valence-corrected chi connectivity index (χ1v) is 7.86. The Hall–Kier alpha value is -2.89. The minimum atomic E-state index is -0.621. The number of pyridine rings is 1. The quantitative estimate of drug-likeness (QED) is 0.750. The molecule has 25 heavy (non-hydrogen) atoms. The molecule has 0 aliphatic rings. The van der Waals surface area contributed by atoms with Crippen LogP contribution < -0.4 is 4.74 Å². The van der Waals surface area contributed by atoms with Crippen molar-refractivity contribution in [1.82, 2.24) is 4.98 Å². The molecule has 0 fully saturated rings. The summed E-state index contributed by atoms with van der Waals surface area (Å²) < 4.78 is 15.8. The van der Waals surface area contributed by atoms with Gasteiger partial charge in [0.15, 0.2) is 6.61 Å². The Morgan fingerprint density at radius 1 is 1.04 bits per heavy atom. The van der Waals surface area contributed by atoms with Crippen LogP contribution in [0.25, 0.3) is 0 Å². The van der Waals surface area contributed by atoms with Gasteiger partial charge in [-0.15, -0.1) is 0 Å². The van der Waals surface area contributed by atoms with Crippen molar-refractivity contribution in [2.75, 3.05) is 6.61 Å². The van der Waals surface area contributed by atoms with Crippen molar-refractivity contribution in [2.24, 2.45) is 0 Å². The van der Waals surface area contributed by atoms with Crippen LogP contribution in [0.4, 0.5) is 0 Å². The number of aromatic nitrogens is 1. The zero-order valence-electron chi connectivity index (χ0n) is 14.5. The molecule has 6 heteroatoms. The van der Waals surface area contributed by atoms with E-state index in [1.165, 1.54) is 6.20 Å². The third kappa shape index (κ3) is 6.25. The second kappa shape index (κ2) is 8.28. The van der Waals surface area contributed by atoms with E-state index in [-0.39, 0.29) is 18.8 Å². The number of carbonyl (C=O) groups is 2. The van der Waals surface area contributed by atoms with Crippen molar-refractivity contribution < 1.29 is 23.8 Å². The molecule has 2 rings (SSSR count). The van der Waals surface area contributed by atoms with Gasteiger partial charge in [-0.05, 0) is 45.0 Å². The number of rotatable bonds is 6. The minimum Gasteiger partial charge on any atom is -0.482 e. The first-order valence-electron chi connectivity index (χ1n) is 7.86. The summed E-state index contributed by atoms with van der Waals surface area (Å²) in [6.07, 6.45) is 1.53. The van der Waals surface area contributed by atoms with Crippen LogP contribution in [0.1, 0.15) is 36.8 Å². The average Bonchev–Trinajstić information content (AvgIpc) is 2.58. The van der Waals surface area contributed by atoms with E-state index in [0.29, 0.717) is 11.4 Å². The van der Waals surface area contributed by atoms with Gasteiger partial charge in [-0.3, -0.25) is 4.98 Å². The molecule has 1 aromatic heterocycles. The van der Waals surface area contributed by atoms with Crippen molar-refractivity contribution in [2.45, 2.75) is 33.0 Å². The molecule has 1 heterocycles. The molecule has 1 aromatic carbocycles. The van der Waals surface area contributed by atoms with Gasteiger partial charge in [0.2, 0.25) is 0 Å². The van der Waals surface area contributed by atoms with Gasteiger partial charge < -0.3 is 14.2 Å². The lowest BCUT2D eigenvalue weighted by Gasteiger charge is -2.20. The van der Waals surface area contributed by atoms with Crippen molar-refractivity contribution in [3.8, 4) is 5.75 Å². The highest BCUT2D eigenvalue weighted by molar-refractivity contribution is 5.90. The summed E-state index contributed by atoms with van der Waals surface area (Å²) in [7, 11) is 0. The molecular formula is C19H21NO5. The number of hydrogen-bond acceptors (Lipinski definition) is 6. The van der Waals surface area contributed by atoms with Crippen LogP contribution in [-0.2, 0) is 20.9 Å². The summed E-state index contributed by atoms with van der Waals surface area (Å²) in [6.45, 7) is 4.98. The van der Waals surface area contributed by atoms with Gasteiger partial charge in [0.25, 0.3) is 0 Å². The monoisotopic (exact) mass is 343 g/mol. The SMILES string of the molecule is CC(C)(C)OC(=O)c1cccnc1COC(=O)COc1ccccc1. The van der Waals surface area contributed by atoms with Crippen molar-refractivity contribution >= 4 is 11.9 Å². The van der Waals surface area contributed by atoms with Gasteiger partial charge in [0.1, 0.15) is 18.0 Å². The van der Waals surface area contributed by atoms with Crippen LogP contribution in [0.2, 0.25) is 0 Å². The lowest BCUT2D eigenvalue weighted by atomic mass is 10.1. The summed E-state index contributed by atoms with van der Waals surface area (Å²) in [4.78, 5) is 28.1. The van der Waals surface area contributed by atoms with Crippen LogP contribution in [0.5, 0.6) is 5.75 Å². The van der Waals surface area contributed by atoms with Crippen molar-refractivity contribution in [3.63, 3.8) is 0 Å². The van der Waals surface area contributed by atoms with E-state index in [1.54, 1.807) is 45.0 Å². The third-order valence-electron chi connectivity index (χ3n) is 2.98. The molecule has 132 valence electrons. The van der Waals surface area contributed by atoms with Gasteiger partial charge in [0, 0.05) is 6.20 Å². The summed E-state index contributed by atoms with van der Waals surface area (Å²) in [5, 5.41) is 0. The summed E-state index contributed by atoms with van der Waals surface area (Å²) in [6, 6.07) is 12.2. The Morgan fingerprint density at radius 3 is 2.44 bits per heavy atom. The first kappa shape index (κ1) is 18.4. The van der Waals surface area contributed by atoms with Gasteiger partial charge in [-0.1, -0.05) is 18.2 Å². The van der Waals surface area contributed by atoms with Crippen LogP contribution in [0.3, 0.4) is 0 Å². The molecular weight excluding hydrogens is 322 g/mol. The fourth-order valence-corrected chi connectivity index (χ4v) is 1.92. The molecule has 0 saturated carbocycles. The highest BCUT2D eigenvalue weighted by Gasteiger charge is 2.21. The summed E-state index contributed by atoms with van der Waals surface area (Å²) >= 11 is 0. The molecule has 0 aliphatic carbocycles. The Morgan fingerprint density at radius 2 is 1.76 bits per heavy atom. The number of para-hydroxylation sites is 1. The fraction of sp³-hybridized carbons (Fsp3) is 0.316. The summed E-state index contributed by atoms with van der Waals surface area (Å²) in [5.74, 6) is -0.483. The zero-order chi connectivity index (χ0) is 18.3. The number of carbonyl (C=O) groups excluding carboxylic acids is 2. The Kier molecular flexibility index (Phi) is 6.11. The predicted octanol–water partition coefficient (Wildman–Crippen LogP) is 3.16. The number of hydrogen-bond donors (Lipinski definition) is 0. The fourth-order valence-electron chi connectivity index (χ4n) is 1.92. The number of ether oxygens (including phenoxy) is 3. The minimum absolute atomic E-state index is 0.133. The van der Waals surface area contributed by atoms with Gasteiger partial charge in [-0.2, -0.15) is 0 Å². The normalized spacial score (nSPS) is 10.8. The van der Waals surface area contributed by atoms with Crippen LogP contribution in [0.15, 0.2) is 48.7 Å². The van der Waals surface area contributed by atoms with Crippen LogP contribution >= 0.6 is 0 Å². The zero-order valence-corrected chi connectivity index (χ0v) is 14.5. The second-order valence-corrected chi connectivity index (χ2v) is 6.26. The molecule has 0 radical (unpaired) electrons. The Labute approximate surface area is 146 Å². The first-order chi connectivity index (χ1) is 11.8. The molecule has 0 bridgehead atoms. The average molecular weight is 343 g/mol. The predicted molar refractivity (Wildman–Crippen MR) is 91.1 cm³/mol. The molecule has 0 atom stereocenters. The van der Waals surface area contributed by atoms with E-state index in [4.69, 9.17) is 14.2 Å². The van der Waals surface area contributed by atoms with Gasteiger partial charge in [-0.25, -0.2) is 9.59 Å². The molecule has 0 N–H and O–H groups in total. The van der Waals surface area contributed by atoms with E-state index < -0.39 is 17.5 Å². The molecule has 6 nitrogen and oxygen atoms in total. The number of nitrogens with zero attached hydrogens (tertiary/aromatic N) is 1. The number of benzene rings is 1. The highest BCUT2D eigenvalue weighted by Crippen LogP contribution is 2.15. The molecule has 0 unspecified atom stereocenters. The molecule has 0 amide bonds. The van der Waals surface area contributed by atoms with E-state index in [9.17, 15) is 9.59 Å². The maximum atomic E-state index is 12.2. The lowest BCUT2D eigenvalue weighted by molar-refractivity contribution is -0.147. The Balaban J connectivity index is 1.92. The standard InChI is InChI=1S/C19H21NO5/c1-19(2,3)25-18(22)15-10-7-11-20-16(15)12-24-17(21)13-23-14-8-5-4-6-9-14/h4-11H,12-13H2,1-3H3. The topological polar surface area (TPSA) is 74.7 Å². The molecule has 0 aliphatic heterocycles. The highest BCUT2D eigenvalue weighted by atomic mass is 16.6. The molecule has 2 aromatic rings. The van der Waals surface area contributed by atoms with E-state index in [1.807, 2.05) is 18.2 Å². The van der Waals surface area contributed by atoms with Gasteiger partial charge >= 0.3 is 11.9 Å². The lowest BCUT2D eigenvalue weighted by Crippen LogP contribution is -2.25. The molecule has 0 spiro atoms. The van der Waals surface area contributed by atoms with Crippen molar-refractivity contribution in [1.29, 1.82) is 0 Å². The van der Waals surface area contributed by atoms with Crippen LogP contribution in [-0.4, -0.2) is 29.1 Å².